The largest absolute Gasteiger partial charge is 0.326 e. The van der Waals surface area contributed by atoms with E-state index >= 15 is 0 Å². The van der Waals surface area contributed by atoms with Crippen LogP contribution in [0.3, 0.4) is 0 Å². The van der Waals surface area contributed by atoms with Crippen LogP contribution < -0.4 is 5.32 Å². The van der Waals surface area contributed by atoms with E-state index < -0.39 is 0 Å². The van der Waals surface area contributed by atoms with Gasteiger partial charge in [-0.2, -0.15) is 0 Å². The number of imidazole rings is 1. The Morgan fingerprint density at radius 3 is 2.95 bits per heavy atom. The zero-order valence-corrected chi connectivity index (χ0v) is 12.4. The molecule has 1 N–H and O–H groups in total. The smallest absolute Gasteiger partial charge is 0.227 e. The minimum atomic E-state index is 0.128. The number of aryl methyl sites for hydroxylation is 1. The first-order valence-electron chi connectivity index (χ1n) is 7.56. The summed E-state index contributed by atoms with van der Waals surface area (Å²) in [6, 6.07) is 12.0. The quantitative estimate of drug-likeness (QED) is 0.800. The number of fused-ring (bicyclic) bond motifs is 1. The monoisotopic (exact) mass is 291 g/mol. The highest BCUT2D eigenvalue weighted by Gasteiger charge is 2.29. The predicted molar refractivity (Wildman–Crippen MR) is 86.7 cm³/mol. The maximum atomic E-state index is 11.9. The second-order valence-electron chi connectivity index (χ2n) is 5.94. The fourth-order valence-corrected chi connectivity index (χ4v) is 2.57. The summed E-state index contributed by atoms with van der Waals surface area (Å²) in [4.78, 5) is 16.5. The lowest BCUT2D eigenvalue weighted by Gasteiger charge is -2.05. The minimum absolute atomic E-state index is 0.128. The molecule has 1 fully saturated rings. The number of amides is 1. The van der Waals surface area contributed by atoms with Crippen LogP contribution in [0.15, 0.2) is 48.8 Å². The summed E-state index contributed by atoms with van der Waals surface area (Å²) < 4.78 is 2.01. The Labute approximate surface area is 128 Å². The molecule has 2 heterocycles. The second kappa shape index (κ2) is 4.98. The molecule has 0 atom stereocenters. The summed E-state index contributed by atoms with van der Waals surface area (Å²) in [6.45, 7) is 2.06. The fourth-order valence-electron chi connectivity index (χ4n) is 2.57. The van der Waals surface area contributed by atoms with Crippen LogP contribution >= 0.6 is 0 Å². The number of hydrogen-bond acceptors (Lipinski definition) is 2. The third kappa shape index (κ3) is 2.48. The number of nitrogens with zero attached hydrogens (tertiary/aromatic N) is 2. The van der Waals surface area contributed by atoms with Crippen LogP contribution in [0, 0.1) is 12.8 Å². The average Bonchev–Trinajstić information content (AvgIpc) is 3.27. The Kier molecular flexibility index (Phi) is 2.96. The van der Waals surface area contributed by atoms with Gasteiger partial charge in [-0.15, -0.1) is 0 Å². The topological polar surface area (TPSA) is 46.4 Å². The molecule has 0 unspecified atom stereocenters. The van der Waals surface area contributed by atoms with Crippen LogP contribution in [-0.4, -0.2) is 15.3 Å². The molecule has 0 aliphatic heterocycles. The van der Waals surface area contributed by atoms with Crippen LogP contribution in [0.2, 0.25) is 0 Å². The van der Waals surface area contributed by atoms with Crippen LogP contribution in [0.25, 0.3) is 16.9 Å². The van der Waals surface area contributed by atoms with E-state index in [1.54, 1.807) is 0 Å². The Bertz CT molecular complexity index is 862. The maximum Gasteiger partial charge on any atom is 0.227 e. The number of aromatic nitrogens is 2. The van der Waals surface area contributed by atoms with Gasteiger partial charge in [0.1, 0.15) is 5.65 Å². The summed E-state index contributed by atoms with van der Waals surface area (Å²) in [7, 11) is 0. The van der Waals surface area contributed by atoms with E-state index in [2.05, 4.69) is 29.4 Å². The first-order chi connectivity index (χ1) is 10.7. The van der Waals surface area contributed by atoms with Crippen molar-refractivity contribution in [3.8, 4) is 11.3 Å². The van der Waals surface area contributed by atoms with Crippen molar-refractivity contribution in [3.05, 3.63) is 54.4 Å². The lowest BCUT2D eigenvalue weighted by Crippen LogP contribution is -2.13. The van der Waals surface area contributed by atoms with Crippen LogP contribution in [-0.2, 0) is 4.79 Å². The molecule has 110 valence electrons. The summed E-state index contributed by atoms with van der Waals surface area (Å²) in [6.07, 6.45) is 6.05. The number of nitrogens with one attached hydrogen (secondary N) is 1. The highest BCUT2D eigenvalue weighted by atomic mass is 16.2. The van der Waals surface area contributed by atoms with Crippen molar-refractivity contribution < 1.29 is 4.79 Å². The number of carbonyl (C=O) groups is 1. The molecule has 0 radical (unpaired) electrons. The molecule has 0 saturated heterocycles. The number of rotatable bonds is 3. The van der Waals surface area contributed by atoms with E-state index in [0.29, 0.717) is 0 Å². The normalized spacial score (nSPS) is 14.2. The third-order valence-corrected chi connectivity index (χ3v) is 3.99. The van der Waals surface area contributed by atoms with Crippen molar-refractivity contribution in [1.29, 1.82) is 0 Å². The molecular weight excluding hydrogens is 274 g/mol. The molecule has 4 nitrogen and oxygen atoms in total. The zero-order chi connectivity index (χ0) is 15.1. The van der Waals surface area contributed by atoms with Crippen LogP contribution in [0.5, 0.6) is 0 Å². The lowest BCUT2D eigenvalue weighted by molar-refractivity contribution is -0.117. The van der Waals surface area contributed by atoms with Gasteiger partial charge in [0.25, 0.3) is 0 Å². The molecule has 1 aromatic carbocycles. The second-order valence-corrected chi connectivity index (χ2v) is 5.94. The molecule has 4 rings (SSSR count). The third-order valence-electron chi connectivity index (χ3n) is 3.99. The van der Waals surface area contributed by atoms with Gasteiger partial charge < -0.3 is 9.72 Å². The first-order valence-corrected chi connectivity index (χ1v) is 7.56. The van der Waals surface area contributed by atoms with Crippen LogP contribution in [0.4, 0.5) is 5.69 Å². The first kappa shape index (κ1) is 13.1. The summed E-state index contributed by atoms with van der Waals surface area (Å²) in [5.41, 5.74) is 4.88. The maximum absolute atomic E-state index is 11.9. The Morgan fingerprint density at radius 2 is 2.14 bits per heavy atom. The van der Waals surface area contributed by atoms with Gasteiger partial charge >= 0.3 is 0 Å². The standard InChI is InChI=1S/C18H17N3O/c1-12-7-8-21-11-16(20-17(21)9-12)14-3-2-4-15(10-14)19-18(22)13-5-6-13/h2-4,7-11,13H,5-6H2,1H3,(H,19,22). The SMILES string of the molecule is Cc1ccn2cc(-c3cccc(NC(=O)C4CC4)c3)nc2c1. The summed E-state index contributed by atoms with van der Waals surface area (Å²) in [5.74, 6) is 0.338. The van der Waals surface area contributed by atoms with Gasteiger partial charge in [0, 0.05) is 29.6 Å². The average molecular weight is 291 g/mol. The predicted octanol–water partition coefficient (Wildman–Crippen LogP) is 3.66. The van der Waals surface area contributed by atoms with Gasteiger partial charge in [0.15, 0.2) is 0 Å². The van der Waals surface area contributed by atoms with Gasteiger partial charge in [0.05, 0.1) is 5.69 Å². The molecule has 4 heteroatoms. The van der Waals surface area contributed by atoms with E-state index in [-0.39, 0.29) is 11.8 Å². The molecule has 22 heavy (non-hydrogen) atoms. The molecule has 1 aliphatic carbocycles. The number of hydrogen-bond donors (Lipinski definition) is 1. The number of anilines is 1. The van der Waals surface area contributed by atoms with Crippen molar-refractivity contribution in [3.63, 3.8) is 0 Å². The molecule has 2 aromatic heterocycles. The van der Waals surface area contributed by atoms with Crippen molar-refractivity contribution in [2.24, 2.45) is 5.92 Å². The van der Waals surface area contributed by atoms with E-state index in [0.717, 1.165) is 35.4 Å². The molecule has 0 spiro atoms. The highest BCUT2D eigenvalue weighted by molar-refractivity contribution is 5.94. The molecule has 1 aliphatic rings. The van der Waals surface area contributed by atoms with Gasteiger partial charge in [-0.05, 0) is 49.6 Å². The molecule has 3 aromatic rings. The van der Waals surface area contributed by atoms with Crippen molar-refractivity contribution in [2.45, 2.75) is 19.8 Å². The highest BCUT2D eigenvalue weighted by Crippen LogP contribution is 2.30. The molecule has 1 saturated carbocycles. The van der Waals surface area contributed by atoms with Gasteiger partial charge in [-0.25, -0.2) is 4.98 Å². The van der Waals surface area contributed by atoms with Gasteiger partial charge in [-0.3, -0.25) is 4.79 Å². The molecule has 0 bridgehead atoms. The number of pyridine rings is 1. The fraction of sp³-hybridized carbons (Fsp3) is 0.222. The Balaban J connectivity index is 1.66. The number of benzene rings is 1. The van der Waals surface area contributed by atoms with E-state index in [4.69, 9.17) is 0 Å². The van der Waals surface area contributed by atoms with E-state index in [1.165, 1.54) is 5.56 Å². The summed E-state index contributed by atoms with van der Waals surface area (Å²) >= 11 is 0. The van der Waals surface area contributed by atoms with Crippen molar-refractivity contribution in [1.82, 2.24) is 9.38 Å². The van der Waals surface area contributed by atoms with Crippen LogP contribution in [0.1, 0.15) is 18.4 Å². The van der Waals surface area contributed by atoms with E-state index in [9.17, 15) is 4.79 Å². The van der Waals surface area contributed by atoms with Gasteiger partial charge in [-0.1, -0.05) is 12.1 Å². The Morgan fingerprint density at radius 1 is 1.27 bits per heavy atom. The summed E-state index contributed by atoms with van der Waals surface area (Å²) in [5, 5.41) is 2.98. The number of carbonyl (C=O) groups excluding carboxylic acids is 1. The zero-order valence-electron chi connectivity index (χ0n) is 12.4. The lowest BCUT2D eigenvalue weighted by atomic mass is 10.1. The van der Waals surface area contributed by atoms with Crippen molar-refractivity contribution in [2.75, 3.05) is 5.32 Å². The Hall–Kier alpha value is -2.62. The van der Waals surface area contributed by atoms with Crippen molar-refractivity contribution >= 4 is 17.2 Å². The van der Waals surface area contributed by atoms with Gasteiger partial charge in [0.2, 0.25) is 5.91 Å². The molecule has 1 amide bonds. The molecular formula is C18H17N3O. The van der Waals surface area contributed by atoms with E-state index in [1.807, 2.05) is 41.1 Å². The minimum Gasteiger partial charge on any atom is -0.326 e.